The summed E-state index contributed by atoms with van der Waals surface area (Å²) in [5.41, 5.74) is 0.637. The van der Waals surface area contributed by atoms with Crippen LogP contribution < -0.4 is 0 Å². The molecule has 0 saturated carbocycles. The first kappa shape index (κ1) is 12.9. The molecule has 0 radical (unpaired) electrons. The molecular weight excluding hydrogens is 254 g/mol. The third kappa shape index (κ3) is 2.35. The lowest BCUT2D eigenvalue weighted by molar-refractivity contribution is -0.143. The summed E-state index contributed by atoms with van der Waals surface area (Å²) in [6.07, 6.45) is 1.02. The zero-order chi connectivity index (χ0) is 13.3. The van der Waals surface area contributed by atoms with Crippen LogP contribution in [0.4, 0.5) is 0 Å². The van der Waals surface area contributed by atoms with E-state index in [-0.39, 0.29) is 17.9 Å². The number of hydrogen-bond donors (Lipinski definition) is 1. The molecule has 1 aliphatic heterocycles. The molecule has 0 spiro atoms. The molecule has 1 fully saturated rings. The molecular formula is C11H15N3O3S. The molecule has 1 saturated heterocycles. The Hall–Kier alpha value is -1.50. The molecule has 2 unspecified atom stereocenters. The number of aromatic nitrogens is 2. The summed E-state index contributed by atoms with van der Waals surface area (Å²) in [4.78, 5) is 25.5. The van der Waals surface area contributed by atoms with Gasteiger partial charge in [0.2, 0.25) is 0 Å². The van der Waals surface area contributed by atoms with Gasteiger partial charge in [0.05, 0.1) is 11.6 Å². The van der Waals surface area contributed by atoms with Crippen molar-refractivity contribution in [3.05, 3.63) is 10.6 Å². The van der Waals surface area contributed by atoms with Crippen molar-refractivity contribution in [3.8, 4) is 0 Å². The minimum absolute atomic E-state index is 0.0613. The number of carbonyl (C=O) groups excluding carboxylic acids is 1. The molecule has 1 aromatic rings. The van der Waals surface area contributed by atoms with E-state index in [0.29, 0.717) is 30.0 Å². The van der Waals surface area contributed by atoms with E-state index in [1.54, 1.807) is 11.8 Å². The number of aliphatic carboxylic acids is 1. The van der Waals surface area contributed by atoms with Crippen molar-refractivity contribution in [3.63, 3.8) is 0 Å². The van der Waals surface area contributed by atoms with E-state index in [9.17, 15) is 9.59 Å². The molecule has 18 heavy (non-hydrogen) atoms. The Balaban J connectivity index is 2.10. The number of piperidine rings is 1. The van der Waals surface area contributed by atoms with E-state index >= 15 is 0 Å². The molecule has 1 amide bonds. The van der Waals surface area contributed by atoms with Gasteiger partial charge in [-0.1, -0.05) is 4.49 Å². The first-order chi connectivity index (χ1) is 8.50. The van der Waals surface area contributed by atoms with Gasteiger partial charge < -0.3 is 10.0 Å². The number of carboxylic acid groups (broad SMARTS) is 1. The number of carbonyl (C=O) groups is 2. The smallest absolute Gasteiger partial charge is 0.306 e. The molecule has 2 rings (SSSR count). The van der Waals surface area contributed by atoms with Crippen molar-refractivity contribution >= 4 is 23.4 Å². The number of rotatable bonds is 2. The Morgan fingerprint density at radius 2 is 2.22 bits per heavy atom. The van der Waals surface area contributed by atoms with Gasteiger partial charge in [-0.15, -0.1) is 5.10 Å². The van der Waals surface area contributed by atoms with Gasteiger partial charge in [0, 0.05) is 12.6 Å². The Morgan fingerprint density at radius 3 is 2.72 bits per heavy atom. The Morgan fingerprint density at radius 1 is 1.50 bits per heavy atom. The number of hydrogen-bond acceptors (Lipinski definition) is 5. The highest BCUT2D eigenvalue weighted by molar-refractivity contribution is 7.07. The predicted octanol–water partition coefficient (Wildman–Crippen LogP) is 1.17. The minimum Gasteiger partial charge on any atom is -0.481 e. The summed E-state index contributed by atoms with van der Waals surface area (Å²) in [7, 11) is 0. The van der Waals surface area contributed by atoms with Crippen LogP contribution in [0.2, 0.25) is 0 Å². The zero-order valence-electron chi connectivity index (χ0n) is 10.3. The number of amides is 1. The van der Waals surface area contributed by atoms with Gasteiger partial charge in [0.25, 0.3) is 5.91 Å². The van der Waals surface area contributed by atoms with Crippen LogP contribution in [0.15, 0.2) is 0 Å². The summed E-state index contributed by atoms with van der Waals surface area (Å²) in [6.45, 7) is 4.12. The minimum atomic E-state index is -0.774. The molecule has 1 N–H and O–H groups in total. The first-order valence-electron chi connectivity index (χ1n) is 5.83. The fourth-order valence-corrected chi connectivity index (χ4v) is 2.87. The van der Waals surface area contributed by atoms with Gasteiger partial charge in [-0.3, -0.25) is 9.59 Å². The summed E-state index contributed by atoms with van der Waals surface area (Å²) in [5.74, 6) is -1.20. The monoisotopic (exact) mass is 269 g/mol. The Kier molecular flexibility index (Phi) is 3.60. The average Bonchev–Trinajstić information content (AvgIpc) is 2.74. The lowest BCUT2D eigenvalue weighted by Crippen LogP contribution is -2.46. The number of aryl methyl sites for hydroxylation is 1. The molecule has 1 aliphatic rings. The maximum atomic E-state index is 12.3. The van der Waals surface area contributed by atoms with E-state index in [1.807, 2.05) is 6.92 Å². The van der Waals surface area contributed by atoms with Gasteiger partial charge >= 0.3 is 5.97 Å². The quantitative estimate of drug-likeness (QED) is 0.871. The largest absolute Gasteiger partial charge is 0.481 e. The van der Waals surface area contributed by atoms with E-state index in [0.717, 1.165) is 11.5 Å². The van der Waals surface area contributed by atoms with Crippen LogP contribution in [0.25, 0.3) is 0 Å². The highest BCUT2D eigenvalue weighted by Crippen LogP contribution is 2.25. The van der Waals surface area contributed by atoms with E-state index in [1.165, 1.54) is 0 Å². The maximum absolute atomic E-state index is 12.3. The molecule has 1 aromatic heterocycles. The van der Waals surface area contributed by atoms with E-state index in [2.05, 4.69) is 9.59 Å². The molecule has 0 bridgehead atoms. The standard InChI is InChI=1S/C11H15N3O3S/c1-6-5-8(11(16)17)3-4-14(6)10(15)9-7(2)12-13-18-9/h6,8H,3-5H2,1-2H3,(H,16,17). The molecule has 0 aliphatic carbocycles. The third-order valence-electron chi connectivity index (χ3n) is 3.33. The molecule has 2 heterocycles. The number of carboxylic acids is 1. The molecule has 7 heteroatoms. The SMILES string of the molecule is Cc1nnsc1C(=O)N1CCC(C(=O)O)CC1C. The highest BCUT2D eigenvalue weighted by atomic mass is 32.1. The van der Waals surface area contributed by atoms with E-state index < -0.39 is 5.97 Å². The van der Waals surface area contributed by atoms with Crippen LogP contribution in [0.5, 0.6) is 0 Å². The van der Waals surface area contributed by atoms with Crippen LogP contribution in [0.1, 0.15) is 35.1 Å². The lowest BCUT2D eigenvalue weighted by atomic mass is 9.91. The highest BCUT2D eigenvalue weighted by Gasteiger charge is 2.33. The second-order valence-electron chi connectivity index (χ2n) is 4.59. The van der Waals surface area contributed by atoms with Gasteiger partial charge in [-0.25, -0.2) is 0 Å². The average molecular weight is 269 g/mol. The van der Waals surface area contributed by atoms with Crippen LogP contribution >= 0.6 is 11.5 Å². The normalized spacial score (nSPS) is 24.0. The topological polar surface area (TPSA) is 83.4 Å². The second-order valence-corrected chi connectivity index (χ2v) is 5.35. The zero-order valence-corrected chi connectivity index (χ0v) is 11.1. The molecule has 6 nitrogen and oxygen atoms in total. The Labute approximate surface area is 109 Å². The molecule has 0 aromatic carbocycles. The van der Waals surface area contributed by atoms with Gasteiger partial charge in [0.1, 0.15) is 4.88 Å². The van der Waals surface area contributed by atoms with Gasteiger partial charge in [0.15, 0.2) is 0 Å². The molecule has 2 atom stereocenters. The lowest BCUT2D eigenvalue weighted by Gasteiger charge is -2.35. The van der Waals surface area contributed by atoms with Crippen LogP contribution in [-0.4, -0.2) is 44.1 Å². The van der Waals surface area contributed by atoms with E-state index in [4.69, 9.17) is 5.11 Å². The van der Waals surface area contributed by atoms with Crippen molar-refractivity contribution in [2.24, 2.45) is 5.92 Å². The van der Waals surface area contributed by atoms with Crippen LogP contribution in [0, 0.1) is 12.8 Å². The van der Waals surface area contributed by atoms with Crippen LogP contribution in [-0.2, 0) is 4.79 Å². The van der Waals surface area contributed by atoms with Crippen LogP contribution in [0.3, 0.4) is 0 Å². The second kappa shape index (κ2) is 5.01. The Bertz CT molecular complexity index is 474. The summed E-state index contributed by atoms with van der Waals surface area (Å²) >= 11 is 1.09. The van der Waals surface area contributed by atoms with Crippen molar-refractivity contribution in [2.45, 2.75) is 32.7 Å². The van der Waals surface area contributed by atoms with Crippen molar-refractivity contribution in [1.29, 1.82) is 0 Å². The first-order valence-corrected chi connectivity index (χ1v) is 6.60. The number of likely N-dealkylation sites (tertiary alicyclic amines) is 1. The van der Waals surface area contributed by atoms with Crippen molar-refractivity contribution in [2.75, 3.05) is 6.54 Å². The maximum Gasteiger partial charge on any atom is 0.306 e. The van der Waals surface area contributed by atoms with Crippen molar-refractivity contribution in [1.82, 2.24) is 14.5 Å². The predicted molar refractivity (Wildman–Crippen MR) is 65.5 cm³/mol. The summed E-state index contributed by atoms with van der Waals surface area (Å²) in [5, 5.41) is 12.8. The molecule has 98 valence electrons. The van der Waals surface area contributed by atoms with Crippen molar-refractivity contribution < 1.29 is 14.7 Å². The fraction of sp³-hybridized carbons (Fsp3) is 0.636. The summed E-state index contributed by atoms with van der Waals surface area (Å²) in [6, 6.07) is -0.0613. The third-order valence-corrected chi connectivity index (χ3v) is 4.15. The van der Waals surface area contributed by atoms with Gasteiger partial charge in [-0.2, -0.15) is 0 Å². The fourth-order valence-electron chi connectivity index (χ4n) is 2.26. The van der Waals surface area contributed by atoms with Gasteiger partial charge in [-0.05, 0) is 38.2 Å². The number of nitrogens with zero attached hydrogens (tertiary/aromatic N) is 3. The summed E-state index contributed by atoms with van der Waals surface area (Å²) < 4.78 is 3.76.